The monoisotopic (exact) mass is 194 g/mol. The lowest BCUT2D eigenvalue weighted by atomic mass is 9.65. The maximum Gasteiger partial charge on any atom is 0.132 e. The number of carbonyl (C=O) groups is 1. The summed E-state index contributed by atoms with van der Waals surface area (Å²) in [7, 11) is 0. The molecule has 0 aromatic carbocycles. The summed E-state index contributed by atoms with van der Waals surface area (Å²) in [5.74, 6) is 1.49. The van der Waals surface area contributed by atoms with Crippen molar-refractivity contribution < 1.29 is 4.79 Å². The molecule has 0 unspecified atom stereocenters. The average molecular weight is 194 g/mol. The van der Waals surface area contributed by atoms with Gasteiger partial charge in [0.25, 0.3) is 0 Å². The van der Waals surface area contributed by atoms with Crippen LogP contribution in [0.25, 0.3) is 0 Å². The summed E-state index contributed by atoms with van der Waals surface area (Å²) in [6, 6.07) is 0. The van der Waals surface area contributed by atoms with Gasteiger partial charge in [0.05, 0.1) is 0 Å². The van der Waals surface area contributed by atoms with Gasteiger partial charge in [-0.15, -0.1) is 0 Å². The van der Waals surface area contributed by atoms with Crippen LogP contribution in [-0.2, 0) is 4.79 Å². The quantitative estimate of drug-likeness (QED) is 0.627. The summed E-state index contributed by atoms with van der Waals surface area (Å²) >= 11 is 0. The lowest BCUT2D eigenvalue weighted by Gasteiger charge is -2.39. The minimum Gasteiger partial charge on any atom is -0.300 e. The number of allylic oxidation sites excluding steroid dienone is 2. The first kappa shape index (κ1) is 11.5. The highest BCUT2D eigenvalue weighted by molar-refractivity contribution is 5.78. The van der Waals surface area contributed by atoms with E-state index in [1.807, 2.05) is 6.92 Å². The molecular formula is C13H22O. The van der Waals surface area contributed by atoms with Crippen LogP contribution in [0.1, 0.15) is 47.0 Å². The molecule has 1 nitrogen and oxygen atoms in total. The van der Waals surface area contributed by atoms with Crippen LogP contribution in [0.3, 0.4) is 0 Å². The van der Waals surface area contributed by atoms with E-state index in [9.17, 15) is 4.79 Å². The standard InChI is InChI=1S/C13H22O/c1-5-11(14)9-12-10(2)7-6-8-13(12,3)4/h6-7,10,12H,5,8-9H2,1-4H3/t10-,12-/m1/s1. The molecule has 0 radical (unpaired) electrons. The molecule has 2 atom stereocenters. The molecule has 14 heavy (non-hydrogen) atoms. The molecule has 1 aliphatic rings. The van der Waals surface area contributed by atoms with E-state index in [0.717, 1.165) is 12.8 Å². The average Bonchev–Trinajstić information content (AvgIpc) is 2.11. The Hall–Kier alpha value is -0.590. The Bertz CT molecular complexity index is 238. The SMILES string of the molecule is CCC(=O)C[C@@H]1[C@H](C)C=CCC1(C)C. The van der Waals surface area contributed by atoms with Crippen LogP contribution in [-0.4, -0.2) is 5.78 Å². The van der Waals surface area contributed by atoms with E-state index in [1.165, 1.54) is 0 Å². The fourth-order valence-corrected chi connectivity index (χ4v) is 2.44. The summed E-state index contributed by atoms with van der Waals surface area (Å²) < 4.78 is 0. The highest BCUT2D eigenvalue weighted by Crippen LogP contribution is 2.42. The molecule has 1 aliphatic carbocycles. The van der Waals surface area contributed by atoms with Gasteiger partial charge in [0.1, 0.15) is 5.78 Å². The van der Waals surface area contributed by atoms with Gasteiger partial charge in [0, 0.05) is 12.8 Å². The van der Waals surface area contributed by atoms with Crippen LogP contribution in [0, 0.1) is 17.3 Å². The Morgan fingerprint density at radius 2 is 2.14 bits per heavy atom. The molecule has 0 amide bonds. The van der Waals surface area contributed by atoms with Crippen LogP contribution in [0.4, 0.5) is 0 Å². The molecule has 0 spiro atoms. The van der Waals surface area contributed by atoms with E-state index in [4.69, 9.17) is 0 Å². The van der Waals surface area contributed by atoms with Crippen LogP contribution in [0.15, 0.2) is 12.2 Å². The smallest absolute Gasteiger partial charge is 0.132 e. The van der Waals surface area contributed by atoms with Crippen molar-refractivity contribution in [1.82, 2.24) is 0 Å². The molecule has 0 fully saturated rings. The van der Waals surface area contributed by atoms with Crippen molar-refractivity contribution in [2.45, 2.75) is 47.0 Å². The normalized spacial score (nSPS) is 30.3. The van der Waals surface area contributed by atoms with Gasteiger partial charge < -0.3 is 0 Å². The summed E-state index contributed by atoms with van der Waals surface area (Å²) in [4.78, 5) is 11.5. The zero-order chi connectivity index (χ0) is 10.8. The van der Waals surface area contributed by atoms with Gasteiger partial charge in [-0.3, -0.25) is 4.79 Å². The van der Waals surface area contributed by atoms with Gasteiger partial charge in [-0.25, -0.2) is 0 Å². The van der Waals surface area contributed by atoms with E-state index >= 15 is 0 Å². The molecular weight excluding hydrogens is 172 g/mol. The van der Waals surface area contributed by atoms with Gasteiger partial charge in [0.15, 0.2) is 0 Å². The summed E-state index contributed by atoms with van der Waals surface area (Å²) in [5, 5.41) is 0. The molecule has 0 saturated carbocycles. The minimum absolute atomic E-state index is 0.291. The second-order valence-electron chi connectivity index (χ2n) is 5.18. The molecule has 0 N–H and O–H groups in total. The molecule has 1 heteroatoms. The molecule has 0 aromatic rings. The third-order valence-corrected chi connectivity index (χ3v) is 3.56. The number of hydrogen-bond donors (Lipinski definition) is 0. The molecule has 0 aliphatic heterocycles. The molecule has 80 valence electrons. The second-order valence-corrected chi connectivity index (χ2v) is 5.18. The summed E-state index contributed by atoms with van der Waals surface area (Å²) in [6.45, 7) is 8.74. The van der Waals surface area contributed by atoms with Crippen molar-refractivity contribution in [3.8, 4) is 0 Å². The van der Waals surface area contributed by atoms with Crippen LogP contribution in [0.5, 0.6) is 0 Å². The zero-order valence-electron chi connectivity index (χ0n) is 9.84. The predicted molar refractivity (Wildman–Crippen MR) is 60.1 cm³/mol. The maximum atomic E-state index is 11.5. The fraction of sp³-hybridized carbons (Fsp3) is 0.769. The van der Waals surface area contributed by atoms with Crippen molar-refractivity contribution in [2.75, 3.05) is 0 Å². The minimum atomic E-state index is 0.291. The van der Waals surface area contributed by atoms with Gasteiger partial charge in [-0.05, 0) is 23.7 Å². The zero-order valence-corrected chi connectivity index (χ0v) is 9.84. The second kappa shape index (κ2) is 4.29. The van der Waals surface area contributed by atoms with Crippen molar-refractivity contribution in [3.05, 3.63) is 12.2 Å². The lowest BCUT2D eigenvalue weighted by Crippen LogP contribution is -2.32. The molecule has 0 bridgehead atoms. The van der Waals surface area contributed by atoms with Gasteiger partial charge in [0.2, 0.25) is 0 Å². The van der Waals surface area contributed by atoms with Crippen molar-refractivity contribution >= 4 is 5.78 Å². The van der Waals surface area contributed by atoms with E-state index in [2.05, 4.69) is 32.9 Å². The highest BCUT2D eigenvalue weighted by Gasteiger charge is 2.35. The van der Waals surface area contributed by atoms with E-state index in [1.54, 1.807) is 0 Å². The summed E-state index contributed by atoms with van der Waals surface area (Å²) in [6.07, 6.45) is 7.08. The number of ketones is 1. The Balaban J connectivity index is 2.72. The highest BCUT2D eigenvalue weighted by atomic mass is 16.1. The number of rotatable bonds is 3. The third-order valence-electron chi connectivity index (χ3n) is 3.56. The lowest BCUT2D eigenvalue weighted by molar-refractivity contribution is -0.121. The van der Waals surface area contributed by atoms with E-state index < -0.39 is 0 Å². The molecule has 0 heterocycles. The van der Waals surface area contributed by atoms with Gasteiger partial charge in [-0.1, -0.05) is 39.8 Å². The molecule has 1 rings (SSSR count). The van der Waals surface area contributed by atoms with Crippen molar-refractivity contribution in [3.63, 3.8) is 0 Å². The van der Waals surface area contributed by atoms with E-state index in [0.29, 0.717) is 29.5 Å². The van der Waals surface area contributed by atoms with Crippen LogP contribution >= 0.6 is 0 Å². The largest absolute Gasteiger partial charge is 0.300 e. The first-order chi connectivity index (χ1) is 6.47. The maximum absolute atomic E-state index is 11.5. The molecule has 0 saturated heterocycles. The van der Waals surface area contributed by atoms with Gasteiger partial charge >= 0.3 is 0 Å². The number of hydrogen-bond acceptors (Lipinski definition) is 1. The van der Waals surface area contributed by atoms with Crippen molar-refractivity contribution in [2.24, 2.45) is 17.3 Å². The topological polar surface area (TPSA) is 17.1 Å². The Kier molecular flexibility index (Phi) is 3.52. The Morgan fingerprint density at radius 1 is 1.50 bits per heavy atom. The third kappa shape index (κ3) is 2.46. The number of carbonyl (C=O) groups excluding carboxylic acids is 1. The molecule has 0 aromatic heterocycles. The summed E-state index contributed by atoms with van der Waals surface area (Å²) in [5.41, 5.74) is 0.291. The van der Waals surface area contributed by atoms with Crippen LogP contribution < -0.4 is 0 Å². The van der Waals surface area contributed by atoms with Crippen molar-refractivity contribution in [1.29, 1.82) is 0 Å². The fourth-order valence-electron chi connectivity index (χ4n) is 2.44. The number of Topliss-reactive ketones (excluding diaryl/α,β-unsaturated/α-hetero) is 1. The van der Waals surface area contributed by atoms with Gasteiger partial charge in [-0.2, -0.15) is 0 Å². The van der Waals surface area contributed by atoms with E-state index in [-0.39, 0.29) is 0 Å². The predicted octanol–water partition coefficient (Wildman–Crippen LogP) is 3.59. The Morgan fingerprint density at radius 3 is 2.64 bits per heavy atom. The first-order valence-corrected chi connectivity index (χ1v) is 5.65. The first-order valence-electron chi connectivity index (χ1n) is 5.65. The Labute approximate surface area is 87.6 Å². The van der Waals surface area contributed by atoms with Crippen LogP contribution in [0.2, 0.25) is 0 Å².